The van der Waals surface area contributed by atoms with Crippen LogP contribution in [0.2, 0.25) is 0 Å². The lowest BCUT2D eigenvalue weighted by Gasteiger charge is -2.39. The van der Waals surface area contributed by atoms with Crippen LogP contribution < -0.4 is 10.2 Å². The van der Waals surface area contributed by atoms with E-state index in [1.165, 1.54) is 23.4 Å². The second-order valence-electron chi connectivity index (χ2n) is 6.88. The number of aromatic nitrogens is 1. The van der Waals surface area contributed by atoms with E-state index in [9.17, 15) is 18.0 Å². The number of carbonyl (C=O) groups is 2. The number of ketones is 1. The van der Waals surface area contributed by atoms with Crippen molar-refractivity contribution in [3.8, 4) is 11.8 Å². The van der Waals surface area contributed by atoms with Crippen molar-refractivity contribution in [2.24, 2.45) is 0 Å². The molecule has 0 bridgehead atoms. The van der Waals surface area contributed by atoms with Gasteiger partial charge in [0, 0.05) is 37.1 Å². The molecule has 2 heterocycles. The van der Waals surface area contributed by atoms with Crippen LogP contribution in [0.5, 0.6) is 0 Å². The SMILES string of the molecule is CC#C[C@H]1CN(S(=O)(=O)c2ccc(NC(=O)O)nc2)CCN1c1ccc(C(C)=O)cc1. The molecule has 0 spiro atoms. The quantitative estimate of drug-likeness (QED) is 0.538. The molecule has 10 heteroatoms. The molecule has 1 aliphatic rings. The molecule has 2 N–H and O–H groups in total. The summed E-state index contributed by atoms with van der Waals surface area (Å²) < 4.78 is 27.5. The van der Waals surface area contributed by atoms with Crippen LogP contribution in [0.3, 0.4) is 0 Å². The molecule has 1 aromatic carbocycles. The number of benzene rings is 1. The van der Waals surface area contributed by atoms with Crippen molar-refractivity contribution in [2.75, 3.05) is 29.9 Å². The van der Waals surface area contributed by atoms with Gasteiger partial charge < -0.3 is 10.0 Å². The number of hydrogen-bond acceptors (Lipinski definition) is 6. The predicted molar refractivity (Wildman–Crippen MR) is 116 cm³/mol. The number of Topliss-reactive ketones (excluding diaryl/α,β-unsaturated/α-hetero) is 1. The lowest BCUT2D eigenvalue weighted by molar-refractivity contribution is 0.101. The Labute approximate surface area is 180 Å². The van der Waals surface area contributed by atoms with Gasteiger partial charge in [0.15, 0.2) is 5.78 Å². The maximum Gasteiger partial charge on any atom is 0.410 e. The second kappa shape index (κ2) is 9.16. The van der Waals surface area contributed by atoms with Crippen molar-refractivity contribution in [2.45, 2.75) is 24.8 Å². The maximum atomic E-state index is 13.1. The molecule has 0 unspecified atom stereocenters. The third-order valence-electron chi connectivity index (χ3n) is 4.87. The van der Waals surface area contributed by atoms with Crippen LogP contribution in [-0.2, 0) is 10.0 Å². The number of rotatable bonds is 5. The molecule has 1 aliphatic heterocycles. The summed E-state index contributed by atoms with van der Waals surface area (Å²) in [6.45, 7) is 4.02. The Kier molecular flexibility index (Phi) is 6.58. The summed E-state index contributed by atoms with van der Waals surface area (Å²) in [6.07, 6.45) is -0.148. The van der Waals surface area contributed by atoms with Crippen LogP contribution in [0.1, 0.15) is 24.2 Å². The lowest BCUT2D eigenvalue weighted by atomic mass is 10.1. The molecule has 1 saturated heterocycles. The zero-order valence-corrected chi connectivity index (χ0v) is 17.9. The smallest absolute Gasteiger partial charge is 0.410 e. The number of nitrogens with zero attached hydrogens (tertiary/aromatic N) is 3. The van der Waals surface area contributed by atoms with Crippen LogP contribution in [0.4, 0.5) is 16.3 Å². The van der Waals surface area contributed by atoms with Gasteiger partial charge in [0.2, 0.25) is 10.0 Å². The average molecular weight is 442 g/mol. The molecule has 1 fully saturated rings. The Morgan fingerprint density at radius 2 is 1.87 bits per heavy atom. The third kappa shape index (κ3) is 5.02. The predicted octanol–water partition coefficient (Wildman–Crippen LogP) is 2.28. The molecule has 0 radical (unpaired) electrons. The zero-order chi connectivity index (χ0) is 22.6. The van der Waals surface area contributed by atoms with E-state index in [1.54, 1.807) is 19.1 Å². The number of anilines is 2. The summed E-state index contributed by atoms with van der Waals surface area (Å²) in [5.74, 6) is 5.95. The van der Waals surface area contributed by atoms with Crippen LogP contribution in [0, 0.1) is 11.8 Å². The first-order valence-corrected chi connectivity index (χ1v) is 10.9. The Morgan fingerprint density at radius 1 is 1.16 bits per heavy atom. The average Bonchev–Trinajstić information content (AvgIpc) is 2.74. The number of nitrogens with one attached hydrogen (secondary N) is 1. The van der Waals surface area contributed by atoms with Gasteiger partial charge in [-0.1, -0.05) is 5.92 Å². The van der Waals surface area contributed by atoms with Gasteiger partial charge in [-0.2, -0.15) is 4.31 Å². The Morgan fingerprint density at radius 3 is 2.42 bits per heavy atom. The fraction of sp³-hybridized carbons (Fsp3) is 0.286. The number of hydrogen-bond donors (Lipinski definition) is 2. The van der Waals surface area contributed by atoms with E-state index in [1.807, 2.05) is 17.0 Å². The molecule has 31 heavy (non-hydrogen) atoms. The van der Waals surface area contributed by atoms with Gasteiger partial charge >= 0.3 is 6.09 Å². The van der Waals surface area contributed by atoms with Crippen LogP contribution in [0.15, 0.2) is 47.5 Å². The molecule has 0 saturated carbocycles. The van der Waals surface area contributed by atoms with Gasteiger partial charge in [-0.15, -0.1) is 5.92 Å². The Hall–Kier alpha value is -3.42. The van der Waals surface area contributed by atoms with Crippen molar-refractivity contribution < 1.29 is 23.1 Å². The number of carboxylic acid groups (broad SMARTS) is 1. The van der Waals surface area contributed by atoms with Crippen molar-refractivity contribution in [1.82, 2.24) is 9.29 Å². The number of amides is 1. The monoisotopic (exact) mass is 442 g/mol. The summed E-state index contributed by atoms with van der Waals surface area (Å²) in [5, 5.41) is 10.8. The van der Waals surface area contributed by atoms with E-state index >= 15 is 0 Å². The number of piperazine rings is 1. The van der Waals surface area contributed by atoms with Gasteiger partial charge in [0.1, 0.15) is 16.8 Å². The topological polar surface area (TPSA) is 120 Å². The van der Waals surface area contributed by atoms with E-state index in [-0.39, 0.29) is 35.6 Å². The molecule has 3 rings (SSSR count). The molecule has 1 amide bonds. The number of pyridine rings is 1. The fourth-order valence-electron chi connectivity index (χ4n) is 3.33. The normalized spacial score (nSPS) is 16.8. The largest absolute Gasteiger partial charge is 0.465 e. The van der Waals surface area contributed by atoms with Crippen LogP contribution in [0.25, 0.3) is 0 Å². The minimum absolute atomic E-state index is 0.0223. The highest BCUT2D eigenvalue weighted by molar-refractivity contribution is 7.89. The summed E-state index contributed by atoms with van der Waals surface area (Å²) in [4.78, 5) is 28.1. The van der Waals surface area contributed by atoms with E-state index < -0.39 is 16.1 Å². The first kappa shape index (κ1) is 22.3. The van der Waals surface area contributed by atoms with E-state index in [0.717, 1.165) is 11.9 Å². The molecule has 162 valence electrons. The molecule has 1 atom stereocenters. The fourth-order valence-corrected chi connectivity index (χ4v) is 4.71. The van der Waals surface area contributed by atoms with Crippen molar-refractivity contribution in [3.05, 3.63) is 48.2 Å². The van der Waals surface area contributed by atoms with Crippen molar-refractivity contribution in [1.29, 1.82) is 0 Å². The lowest BCUT2D eigenvalue weighted by Crippen LogP contribution is -2.54. The Balaban J connectivity index is 1.81. The van der Waals surface area contributed by atoms with Crippen molar-refractivity contribution >= 4 is 33.4 Å². The van der Waals surface area contributed by atoms with E-state index in [2.05, 4.69) is 22.1 Å². The minimum Gasteiger partial charge on any atom is -0.465 e. The first-order chi connectivity index (χ1) is 14.7. The van der Waals surface area contributed by atoms with Gasteiger partial charge in [0.25, 0.3) is 0 Å². The molecular formula is C21H22N4O5S. The molecule has 2 aromatic rings. The van der Waals surface area contributed by atoms with Crippen LogP contribution >= 0.6 is 0 Å². The summed E-state index contributed by atoms with van der Waals surface area (Å²) in [7, 11) is -3.83. The molecule has 1 aromatic heterocycles. The van der Waals surface area contributed by atoms with E-state index in [0.29, 0.717) is 12.1 Å². The summed E-state index contributed by atoms with van der Waals surface area (Å²) >= 11 is 0. The standard InChI is InChI=1S/C21H22N4O5S/c1-3-4-18-14-24(11-12-25(18)17-7-5-16(6-8-17)15(2)26)31(29,30)19-9-10-20(22-13-19)23-21(27)28/h5-10,13,18H,11-12,14H2,1-2H3,(H,22,23)(H,27,28)/t18-/m0/s1. The van der Waals surface area contributed by atoms with Gasteiger partial charge in [0.05, 0.1) is 0 Å². The second-order valence-corrected chi connectivity index (χ2v) is 8.82. The summed E-state index contributed by atoms with van der Waals surface area (Å²) in [5.41, 5.74) is 1.47. The minimum atomic E-state index is -3.83. The van der Waals surface area contributed by atoms with E-state index in [4.69, 9.17) is 5.11 Å². The van der Waals surface area contributed by atoms with Gasteiger partial charge in [-0.25, -0.2) is 18.2 Å². The summed E-state index contributed by atoms with van der Waals surface area (Å²) in [6, 6.07) is 9.42. The maximum absolute atomic E-state index is 13.1. The van der Waals surface area contributed by atoms with Crippen LogP contribution in [-0.4, -0.2) is 60.4 Å². The highest BCUT2D eigenvalue weighted by atomic mass is 32.2. The third-order valence-corrected chi connectivity index (χ3v) is 6.72. The molecular weight excluding hydrogens is 420 g/mol. The van der Waals surface area contributed by atoms with Crippen molar-refractivity contribution in [3.63, 3.8) is 0 Å². The van der Waals surface area contributed by atoms with Gasteiger partial charge in [-0.3, -0.25) is 10.1 Å². The first-order valence-electron chi connectivity index (χ1n) is 9.48. The molecule has 9 nitrogen and oxygen atoms in total. The zero-order valence-electron chi connectivity index (χ0n) is 17.1. The number of carbonyl (C=O) groups excluding carboxylic acids is 1. The Bertz CT molecular complexity index is 1140. The highest BCUT2D eigenvalue weighted by Gasteiger charge is 2.34. The molecule has 0 aliphatic carbocycles. The van der Waals surface area contributed by atoms with Gasteiger partial charge in [-0.05, 0) is 50.2 Å². The highest BCUT2D eigenvalue weighted by Crippen LogP contribution is 2.25. The number of sulfonamides is 1.